The van der Waals surface area contributed by atoms with Crippen molar-refractivity contribution in [2.24, 2.45) is 0 Å². The number of carbonyl (C=O) groups is 1. The molecule has 23 heavy (non-hydrogen) atoms. The molecule has 9 heteroatoms. The molecule has 1 aliphatic rings. The van der Waals surface area contributed by atoms with E-state index in [2.05, 4.69) is 30.8 Å². The molecule has 0 unspecified atom stereocenters. The number of nitrogens with one attached hydrogen (secondary N) is 2. The molecule has 1 aliphatic heterocycles. The van der Waals surface area contributed by atoms with E-state index in [-0.39, 0.29) is 11.9 Å². The highest BCUT2D eigenvalue weighted by Gasteiger charge is 2.31. The van der Waals surface area contributed by atoms with Gasteiger partial charge in [0, 0.05) is 12.6 Å². The van der Waals surface area contributed by atoms with Crippen molar-refractivity contribution in [2.75, 3.05) is 25.5 Å². The second-order valence-corrected chi connectivity index (χ2v) is 6.20. The van der Waals surface area contributed by atoms with Crippen LogP contribution in [0.2, 0.25) is 0 Å². The number of rotatable bonds is 5. The number of anilines is 2. The molecular formula is C14H19N7OS. The average molecular weight is 333 g/mol. The van der Waals surface area contributed by atoms with Gasteiger partial charge in [0.25, 0.3) is 0 Å². The van der Waals surface area contributed by atoms with Gasteiger partial charge in [-0.1, -0.05) is 11.3 Å². The van der Waals surface area contributed by atoms with Gasteiger partial charge in [0.05, 0.1) is 18.3 Å². The number of carbonyl (C=O) groups excluding carboxylic acids is 1. The Kier molecular flexibility index (Phi) is 4.77. The van der Waals surface area contributed by atoms with E-state index >= 15 is 0 Å². The Morgan fingerprint density at radius 2 is 2.35 bits per heavy atom. The van der Waals surface area contributed by atoms with Crippen LogP contribution < -0.4 is 10.6 Å². The molecule has 0 spiro atoms. The second kappa shape index (κ2) is 6.97. The van der Waals surface area contributed by atoms with Crippen molar-refractivity contribution in [1.82, 2.24) is 30.4 Å². The topological polar surface area (TPSA) is 95.9 Å². The Hall–Kier alpha value is -2.13. The van der Waals surface area contributed by atoms with Crippen LogP contribution in [0.25, 0.3) is 0 Å². The van der Waals surface area contributed by atoms with E-state index in [4.69, 9.17) is 0 Å². The number of likely N-dealkylation sites (tertiary alicyclic amines) is 1. The average Bonchev–Trinajstić information content (AvgIpc) is 3.17. The molecule has 1 fully saturated rings. The van der Waals surface area contributed by atoms with Crippen molar-refractivity contribution in [1.29, 1.82) is 0 Å². The number of aryl methyl sites for hydroxylation is 1. The summed E-state index contributed by atoms with van der Waals surface area (Å²) >= 11 is 1.41. The predicted octanol–water partition coefficient (Wildman–Crippen LogP) is 1.26. The zero-order valence-corrected chi connectivity index (χ0v) is 13.9. The molecule has 3 rings (SSSR count). The molecule has 2 aromatic heterocycles. The van der Waals surface area contributed by atoms with Gasteiger partial charge in [-0.15, -0.1) is 10.2 Å². The molecule has 0 radical (unpaired) electrons. The molecule has 8 nitrogen and oxygen atoms in total. The van der Waals surface area contributed by atoms with E-state index < -0.39 is 0 Å². The van der Waals surface area contributed by atoms with Gasteiger partial charge in [-0.2, -0.15) is 0 Å². The zero-order valence-electron chi connectivity index (χ0n) is 13.1. The smallest absolute Gasteiger partial charge is 0.237 e. The normalized spacial score (nSPS) is 17.5. The van der Waals surface area contributed by atoms with E-state index in [0.717, 1.165) is 25.1 Å². The molecular weight excluding hydrogens is 314 g/mol. The number of hydrogen-bond donors (Lipinski definition) is 2. The van der Waals surface area contributed by atoms with E-state index in [0.29, 0.717) is 23.3 Å². The highest BCUT2D eigenvalue weighted by molar-refractivity contribution is 7.13. The Bertz CT molecular complexity index is 676. The van der Waals surface area contributed by atoms with E-state index in [1.807, 2.05) is 17.9 Å². The molecule has 1 saturated heterocycles. The lowest BCUT2D eigenvalue weighted by molar-refractivity contribution is -0.131. The number of amides is 1. The molecule has 3 heterocycles. The van der Waals surface area contributed by atoms with Gasteiger partial charge < -0.3 is 15.5 Å². The molecule has 1 amide bonds. The van der Waals surface area contributed by atoms with Crippen LogP contribution in [0.4, 0.5) is 10.9 Å². The van der Waals surface area contributed by atoms with Crippen molar-refractivity contribution < 1.29 is 4.79 Å². The lowest BCUT2D eigenvalue weighted by Crippen LogP contribution is -2.37. The van der Waals surface area contributed by atoms with Crippen LogP contribution in [0.5, 0.6) is 0 Å². The van der Waals surface area contributed by atoms with Crippen LogP contribution in [0.15, 0.2) is 11.6 Å². The maximum Gasteiger partial charge on any atom is 0.237 e. The first-order valence-electron chi connectivity index (χ1n) is 7.50. The summed E-state index contributed by atoms with van der Waals surface area (Å²) in [6.45, 7) is 2.97. The van der Waals surface area contributed by atoms with Gasteiger partial charge in [-0.25, -0.2) is 9.97 Å². The van der Waals surface area contributed by atoms with Crippen LogP contribution in [0, 0.1) is 6.92 Å². The molecule has 0 aliphatic carbocycles. The standard InChI is InChI=1S/C14H19N7OS/c1-9-17-10(6-12(18-9)19-14-20-16-8-23-14)11-4-3-5-21(11)13(22)7-15-2/h6,8,11,15H,3-5,7H2,1-2H3,(H,17,18,19,20)/t11-/m0/s1. The molecule has 0 aromatic carbocycles. The lowest BCUT2D eigenvalue weighted by Gasteiger charge is -2.24. The van der Waals surface area contributed by atoms with Gasteiger partial charge >= 0.3 is 0 Å². The van der Waals surface area contributed by atoms with Crippen LogP contribution in [-0.4, -0.2) is 51.1 Å². The second-order valence-electron chi connectivity index (χ2n) is 5.37. The quantitative estimate of drug-likeness (QED) is 0.850. The Morgan fingerprint density at radius 1 is 1.48 bits per heavy atom. The highest BCUT2D eigenvalue weighted by Crippen LogP contribution is 2.32. The Labute approximate surface area is 138 Å². The van der Waals surface area contributed by atoms with Gasteiger partial charge in [0.15, 0.2) is 0 Å². The molecule has 0 bridgehead atoms. The minimum Gasteiger partial charge on any atom is -0.333 e. The summed E-state index contributed by atoms with van der Waals surface area (Å²) in [6.07, 6.45) is 1.91. The number of likely N-dealkylation sites (N-methyl/N-ethyl adjacent to an activating group) is 1. The number of hydrogen-bond acceptors (Lipinski definition) is 8. The SMILES string of the molecule is CNCC(=O)N1CCC[C@H]1c1cc(Nc2nncs2)nc(C)n1. The third-order valence-corrected chi connectivity index (χ3v) is 4.30. The fourth-order valence-corrected chi connectivity index (χ4v) is 3.24. The first kappa shape index (κ1) is 15.8. The van der Waals surface area contributed by atoms with Crippen molar-refractivity contribution in [3.63, 3.8) is 0 Å². The van der Waals surface area contributed by atoms with E-state index in [1.165, 1.54) is 11.3 Å². The highest BCUT2D eigenvalue weighted by atomic mass is 32.1. The predicted molar refractivity (Wildman–Crippen MR) is 87.6 cm³/mol. The number of nitrogens with zero attached hydrogens (tertiary/aromatic N) is 5. The molecule has 0 saturated carbocycles. The summed E-state index contributed by atoms with van der Waals surface area (Å²) < 4.78 is 0. The first-order chi connectivity index (χ1) is 11.2. The van der Waals surface area contributed by atoms with Crippen LogP contribution in [0.3, 0.4) is 0 Å². The molecule has 1 atom stereocenters. The van der Waals surface area contributed by atoms with Crippen LogP contribution in [0.1, 0.15) is 30.4 Å². The van der Waals surface area contributed by atoms with Crippen molar-refractivity contribution in [3.8, 4) is 0 Å². The minimum absolute atomic E-state index is 0.00696. The summed E-state index contributed by atoms with van der Waals surface area (Å²) in [4.78, 5) is 23.1. The summed E-state index contributed by atoms with van der Waals surface area (Å²) in [6, 6.07) is 1.90. The molecule has 122 valence electrons. The maximum atomic E-state index is 12.2. The van der Waals surface area contributed by atoms with Gasteiger partial charge in [-0.3, -0.25) is 4.79 Å². The van der Waals surface area contributed by atoms with E-state index in [9.17, 15) is 4.79 Å². The van der Waals surface area contributed by atoms with Crippen LogP contribution >= 0.6 is 11.3 Å². The van der Waals surface area contributed by atoms with Gasteiger partial charge in [0.2, 0.25) is 11.0 Å². The van der Waals surface area contributed by atoms with Crippen molar-refractivity contribution in [3.05, 3.63) is 23.1 Å². The maximum absolute atomic E-state index is 12.2. The first-order valence-corrected chi connectivity index (χ1v) is 8.38. The van der Waals surface area contributed by atoms with Crippen molar-refractivity contribution in [2.45, 2.75) is 25.8 Å². The molecule has 2 N–H and O–H groups in total. The zero-order chi connectivity index (χ0) is 16.2. The van der Waals surface area contributed by atoms with Crippen LogP contribution in [-0.2, 0) is 4.79 Å². The molecule has 2 aromatic rings. The van der Waals surface area contributed by atoms with E-state index in [1.54, 1.807) is 12.6 Å². The fourth-order valence-electron chi connectivity index (χ4n) is 2.79. The minimum atomic E-state index is 0.00696. The summed E-state index contributed by atoms with van der Waals surface area (Å²) in [5.74, 6) is 1.45. The summed E-state index contributed by atoms with van der Waals surface area (Å²) in [5.41, 5.74) is 2.53. The lowest BCUT2D eigenvalue weighted by atomic mass is 10.1. The largest absolute Gasteiger partial charge is 0.333 e. The third-order valence-electron chi connectivity index (χ3n) is 3.70. The van der Waals surface area contributed by atoms with Gasteiger partial charge in [-0.05, 0) is 26.8 Å². The number of aromatic nitrogens is 4. The van der Waals surface area contributed by atoms with Crippen molar-refractivity contribution >= 4 is 28.2 Å². The monoisotopic (exact) mass is 333 g/mol. The Balaban J connectivity index is 1.84. The summed E-state index contributed by atoms with van der Waals surface area (Å²) in [5, 5.41) is 14.5. The third kappa shape index (κ3) is 3.62. The fraction of sp³-hybridized carbons (Fsp3) is 0.500. The Morgan fingerprint density at radius 3 is 3.09 bits per heavy atom. The van der Waals surface area contributed by atoms with Gasteiger partial charge in [0.1, 0.15) is 17.2 Å². The summed E-state index contributed by atoms with van der Waals surface area (Å²) in [7, 11) is 1.78.